The Bertz CT molecular complexity index is 1010. The highest BCUT2D eigenvalue weighted by molar-refractivity contribution is 7.99. The van der Waals surface area contributed by atoms with Crippen molar-refractivity contribution in [2.24, 2.45) is 0 Å². The van der Waals surface area contributed by atoms with Crippen LogP contribution in [-0.2, 0) is 16.6 Å². The van der Waals surface area contributed by atoms with Crippen molar-refractivity contribution >= 4 is 17.7 Å². The van der Waals surface area contributed by atoms with E-state index in [0.29, 0.717) is 10.9 Å². The molecule has 2 aromatic heterocycles. The predicted molar refractivity (Wildman–Crippen MR) is 119 cm³/mol. The van der Waals surface area contributed by atoms with E-state index >= 15 is 0 Å². The lowest BCUT2D eigenvalue weighted by Crippen LogP contribution is -2.32. The summed E-state index contributed by atoms with van der Waals surface area (Å²) in [4.78, 5) is 20.8. The van der Waals surface area contributed by atoms with Gasteiger partial charge in [-0.3, -0.25) is 4.79 Å². The highest BCUT2D eigenvalue weighted by Gasteiger charge is 2.26. The van der Waals surface area contributed by atoms with Crippen molar-refractivity contribution in [2.75, 3.05) is 5.75 Å². The second kappa shape index (κ2) is 8.60. The van der Waals surface area contributed by atoms with E-state index in [2.05, 4.69) is 65.4 Å². The first-order valence-electron chi connectivity index (χ1n) is 10.3. The standard InChI is InChI=1S/C23H27N5OS/c1-23(2,3)16-8-10-17(11-9-16)28-20-7-4-6-19(18(20)14-26-28)27-21(29)15-30-22-24-12-5-13-25-22/h5,8-14,19H,4,6-7,15H2,1-3H3,(H,27,29). The number of nitrogens with zero attached hydrogens (tertiary/aromatic N) is 4. The van der Waals surface area contributed by atoms with Gasteiger partial charge in [-0.25, -0.2) is 14.6 Å². The van der Waals surface area contributed by atoms with Gasteiger partial charge in [0.2, 0.25) is 5.91 Å². The van der Waals surface area contributed by atoms with Crippen molar-refractivity contribution in [1.82, 2.24) is 25.1 Å². The zero-order valence-corrected chi connectivity index (χ0v) is 18.4. The van der Waals surface area contributed by atoms with Crippen LogP contribution < -0.4 is 5.32 Å². The van der Waals surface area contributed by atoms with Crippen molar-refractivity contribution in [2.45, 2.75) is 56.6 Å². The van der Waals surface area contributed by atoms with Crippen molar-refractivity contribution < 1.29 is 4.79 Å². The second-order valence-corrected chi connectivity index (χ2v) is 9.53. The first kappa shape index (κ1) is 20.6. The van der Waals surface area contributed by atoms with Crippen LogP contribution in [-0.4, -0.2) is 31.4 Å². The number of hydrogen-bond donors (Lipinski definition) is 1. The molecule has 3 aromatic rings. The number of carbonyl (C=O) groups is 1. The SMILES string of the molecule is CC(C)(C)c1ccc(-n2ncc3c2CCCC3NC(=O)CSc2ncccn2)cc1. The number of benzene rings is 1. The van der Waals surface area contributed by atoms with Crippen molar-refractivity contribution in [1.29, 1.82) is 0 Å². The molecular formula is C23H27N5OS. The van der Waals surface area contributed by atoms with Crippen LogP contribution in [0.15, 0.2) is 54.1 Å². The summed E-state index contributed by atoms with van der Waals surface area (Å²) in [6, 6.07) is 10.4. The molecule has 1 N–H and O–H groups in total. The van der Waals surface area contributed by atoms with Gasteiger partial charge in [0.05, 0.1) is 23.7 Å². The fourth-order valence-electron chi connectivity index (χ4n) is 3.76. The maximum Gasteiger partial charge on any atom is 0.230 e. The average molecular weight is 422 g/mol. The molecule has 0 bridgehead atoms. The number of thioether (sulfide) groups is 1. The predicted octanol–water partition coefficient (Wildman–Crippen LogP) is 4.25. The molecular weight excluding hydrogens is 394 g/mol. The van der Waals surface area contributed by atoms with E-state index in [1.807, 2.05) is 10.9 Å². The molecule has 1 amide bonds. The van der Waals surface area contributed by atoms with E-state index in [4.69, 9.17) is 0 Å². The van der Waals surface area contributed by atoms with Crippen LogP contribution in [0, 0.1) is 0 Å². The normalized spacial score (nSPS) is 16.2. The summed E-state index contributed by atoms with van der Waals surface area (Å²) in [5.74, 6) is 0.297. The molecule has 7 heteroatoms. The van der Waals surface area contributed by atoms with Gasteiger partial charge in [-0.2, -0.15) is 5.10 Å². The van der Waals surface area contributed by atoms with Crippen molar-refractivity contribution in [3.8, 4) is 5.69 Å². The monoisotopic (exact) mass is 421 g/mol. The van der Waals surface area contributed by atoms with Crippen LogP contribution >= 0.6 is 11.8 Å². The average Bonchev–Trinajstić information content (AvgIpc) is 3.18. The maximum absolute atomic E-state index is 12.5. The van der Waals surface area contributed by atoms with E-state index in [-0.39, 0.29) is 17.4 Å². The molecule has 1 aromatic carbocycles. The summed E-state index contributed by atoms with van der Waals surface area (Å²) in [5, 5.41) is 8.44. The first-order valence-corrected chi connectivity index (χ1v) is 11.3. The summed E-state index contributed by atoms with van der Waals surface area (Å²) < 4.78 is 2.02. The zero-order valence-electron chi connectivity index (χ0n) is 17.6. The van der Waals surface area contributed by atoms with Gasteiger partial charge < -0.3 is 5.32 Å². The number of aromatic nitrogens is 4. The van der Waals surface area contributed by atoms with E-state index in [9.17, 15) is 4.79 Å². The maximum atomic E-state index is 12.5. The third-order valence-corrected chi connectivity index (χ3v) is 6.25. The van der Waals surface area contributed by atoms with Crippen LogP contribution in [0.3, 0.4) is 0 Å². The number of hydrogen-bond acceptors (Lipinski definition) is 5. The molecule has 1 atom stereocenters. The summed E-state index contributed by atoms with van der Waals surface area (Å²) >= 11 is 1.35. The Morgan fingerprint density at radius 3 is 2.63 bits per heavy atom. The third kappa shape index (κ3) is 4.56. The highest BCUT2D eigenvalue weighted by Crippen LogP contribution is 2.32. The van der Waals surface area contributed by atoms with Gasteiger partial charge in [-0.05, 0) is 48.4 Å². The molecule has 1 aliphatic carbocycles. The molecule has 0 aliphatic heterocycles. The Morgan fingerprint density at radius 1 is 1.20 bits per heavy atom. The fraction of sp³-hybridized carbons (Fsp3) is 0.391. The lowest BCUT2D eigenvalue weighted by molar-refractivity contribution is -0.119. The summed E-state index contributed by atoms with van der Waals surface area (Å²) in [7, 11) is 0. The van der Waals surface area contributed by atoms with E-state index in [0.717, 1.165) is 30.5 Å². The van der Waals surface area contributed by atoms with Crippen LogP contribution in [0.25, 0.3) is 5.69 Å². The van der Waals surface area contributed by atoms with Crippen LogP contribution in [0.1, 0.15) is 56.5 Å². The second-order valence-electron chi connectivity index (χ2n) is 8.59. The van der Waals surface area contributed by atoms with Gasteiger partial charge in [-0.1, -0.05) is 44.7 Å². The Hall–Kier alpha value is -2.67. The largest absolute Gasteiger partial charge is 0.348 e. The fourth-order valence-corrected chi connectivity index (χ4v) is 4.37. The van der Waals surface area contributed by atoms with Crippen LogP contribution in [0.2, 0.25) is 0 Å². The molecule has 0 saturated heterocycles. The quantitative estimate of drug-likeness (QED) is 0.493. The Balaban J connectivity index is 1.46. The number of rotatable bonds is 5. The molecule has 6 nitrogen and oxygen atoms in total. The molecule has 0 fully saturated rings. The lowest BCUT2D eigenvalue weighted by Gasteiger charge is -2.24. The summed E-state index contributed by atoms with van der Waals surface area (Å²) in [6.45, 7) is 6.65. The Kier molecular flexibility index (Phi) is 5.90. The minimum Gasteiger partial charge on any atom is -0.348 e. The molecule has 156 valence electrons. The van der Waals surface area contributed by atoms with Gasteiger partial charge in [0.15, 0.2) is 5.16 Å². The number of amides is 1. The molecule has 4 rings (SSSR count). The number of carbonyl (C=O) groups excluding carboxylic acids is 1. The highest BCUT2D eigenvalue weighted by atomic mass is 32.2. The van der Waals surface area contributed by atoms with E-state index in [1.54, 1.807) is 18.5 Å². The van der Waals surface area contributed by atoms with Gasteiger partial charge >= 0.3 is 0 Å². The Morgan fingerprint density at radius 2 is 1.93 bits per heavy atom. The first-order chi connectivity index (χ1) is 14.4. The van der Waals surface area contributed by atoms with E-state index in [1.165, 1.54) is 23.0 Å². The molecule has 0 saturated carbocycles. The zero-order chi connectivity index (χ0) is 21.1. The molecule has 2 heterocycles. The molecule has 0 spiro atoms. The van der Waals surface area contributed by atoms with Crippen LogP contribution in [0.4, 0.5) is 0 Å². The van der Waals surface area contributed by atoms with Crippen LogP contribution in [0.5, 0.6) is 0 Å². The van der Waals surface area contributed by atoms with Crippen molar-refractivity contribution in [3.63, 3.8) is 0 Å². The molecule has 0 radical (unpaired) electrons. The summed E-state index contributed by atoms with van der Waals surface area (Å²) in [6.07, 6.45) is 8.20. The van der Waals surface area contributed by atoms with E-state index < -0.39 is 0 Å². The number of nitrogens with one attached hydrogen (secondary N) is 1. The summed E-state index contributed by atoms with van der Waals surface area (Å²) in [5.41, 5.74) is 4.80. The Labute approximate surface area is 181 Å². The molecule has 30 heavy (non-hydrogen) atoms. The van der Waals surface area contributed by atoms with Gasteiger partial charge in [0, 0.05) is 23.7 Å². The molecule has 1 aliphatic rings. The van der Waals surface area contributed by atoms with Crippen molar-refractivity contribution in [3.05, 3.63) is 65.7 Å². The number of fused-ring (bicyclic) bond motifs is 1. The lowest BCUT2D eigenvalue weighted by atomic mass is 9.87. The van der Waals surface area contributed by atoms with Gasteiger partial charge in [-0.15, -0.1) is 0 Å². The topological polar surface area (TPSA) is 72.7 Å². The third-order valence-electron chi connectivity index (χ3n) is 5.37. The minimum atomic E-state index is -0.00687. The molecule has 1 unspecified atom stereocenters. The van der Waals surface area contributed by atoms with Gasteiger partial charge in [0.1, 0.15) is 0 Å². The van der Waals surface area contributed by atoms with Gasteiger partial charge in [0.25, 0.3) is 0 Å². The minimum absolute atomic E-state index is 0.00106. The smallest absolute Gasteiger partial charge is 0.230 e.